The van der Waals surface area contributed by atoms with Crippen molar-refractivity contribution in [3.05, 3.63) is 23.5 Å². The highest BCUT2D eigenvalue weighted by atomic mass is 79.9. The third kappa shape index (κ3) is 4.72. The van der Waals surface area contributed by atoms with E-state index < -0.39 is 0 Å². The topological polar surface area (TPSA) is 34.6 Å². The van der Waals surface area contributed by atoms with E-state index in [2.05, 4.69) is 25.8 Å². The first-order chi connectivity index (χ1) is 9.71. The molecular formula is C15H23BrN2O2. The molecule has 0 unspecified atom stereocenters. The number of hydrogen-bond acceptors (Lipinski definition) is 4. The number of pyridine rings is 1. The smallest absolute Gasteiger partial charge is 0.122 e. The van der Waals surface area contributed by atoms with E-state index in [-0.39, 0.29) is 0 Å². The van der Waals surface area contributed by atoms with Crippen molar-refractivity contribution in [1.29, 1.82) is 0 Å². The summed E-state index contributed by atoms with van der Waals surface area (Å²) in [6.07, 6.45) is 2.63. The number of hydrogen-bond donors (Lipinski definition) is 0. The maximum absolute atomic E-state index is 5.78. The van der Waals surface area contributed by atoms with Gasteiger partial charge >= 0.3 is 0 Å². The molecular weight excluding hydrogens is 320 g/mol. The lowest BCUT2D eigenvalue weighted by molar-refractivity contribution is 0.0139. The van der Waals surface area contributed by atoms with Gasteiger partial charge in [0, 0.05) is 42.8 Å². The predicted molar refractivity (Wildman–Crippen MR) is 83.6 cm³/mol. The number of aryl methyl sites for hydroxylation is 1. The first-order valence-electron chi connectivity index (χ1n) is 7.12. The van der Waals surface area contributed by atoms with Gasteiger partial charge in [-0.15, -0.1) is 0 Å². The molecule has 0 saturated carbocycles. The lowest BCUT2D eigenvalue weighted by atomic mass is 10.1. The van der Waals surface area contributed by atoms with Crippen molar-refractivity contribution in [2.75, 3.05) is 32.1 Å². The average molecular weight is 343 g/mol. The van der Waals surface area contributed by atoms with Crippen LogP contribution in [0.4, 0.5) is 0 Å². The minimum atomic E-state index is 0.420. The number of rotatable bonds is 6. The van der Waals surface area contributed by atoms with E-state index in [1.54, 1.807) is 7.11 Å². The first-order valence-corrected chi connectivity index (χ1v) is 8.25. The molecule has 2 rings (SSSR count). The summed E-state index contributed by atoms with van der Waals surface area (Å²) in [5, 5.41) is 0.917. The van der Waals surface area contributed by atoms with Crippen LogP contribution in [0, 0.1) is 6.92 Å². The summed E-state index contributed by atoms with van der Waals surface area (Å²) < 4.78 is 11.1. The molecule has 1 aromatic heterocycles. The third-order valence-corrected chi connectivity index (χ3v) is 3.89. The Morgan fingerprint density at radius 3 is 2.75 bits per heavy atom. The average Bonchev–Trinajstić information content (AvgIpc) is 2.46. The fourth-order valence-electron chi connectivity index (χ4n) is 2.58. The maximum Gasteiger partial charge on any atom is 0.122 e. The summed E-state index contributed by atoms with van der Waals surface area (Å²) in [7, 11) is 1.70. The first kappa shape index (κ1) is 15.7. The van der Waals surface area contributed by atoms with Gasteiger partial charge < -0.3 is 9.47 Å². The second kappa shape index (κ2) is 7.96. The quantitative estimate of drug-likeness (QED) is 0.744. The summed E-state index contributed by atoms with van der Waals surface area (Å²) >= 11 is 3.40. The SMILES string of the molecule is COc1cc(C)nc(CN2CCC(OCCBr)CC2)c1. The molecule has 0 radical (unpaired) electrons. The number of halogens is 1. The van der Waals surface area contributed by atoms with Crippen LogP contribution in [-0.4, -0.2) is 48.1 Å². The summed E-state index contributed by atoms with van der Waals surface area (Å²) in [4.78, 5) is 7.03. The van der Waals surface area contributed by atoms with Crippen molar-refractivity contribution in [3.63, 3.8) is 0 Å². The Hall–Kier alpha value is -0.650. The highest BCUT2D eigenvalue weighted by Gasteiger charge is 2.20. The Balaban J connectivity index is 1.84. The molecule has 1 saturated heterocycles. The molecule has 1 aliphatic rings. The summed E-state index contributed by atoms with van der Waals surface area (Å²) in [6, 6.07) is 3.99. The molecule has 0 bridgehead atoms. The Morgan fingerprint density at radius 1 is 1.35 bits per heavy atom. The fraction of sp³-hybridized carbons (Fsp3) is 0.667. The van der Waals surface area contributed by atoms with Crippen LogP contribution in [0.1, 0.15) is 24.2 Å². The van der Waals surface area contributed by atoms with Crippen LogP contribution in [0.2, 0.25) is 0 Å². The van der Waals surface area contributed by atoms with E-state index in [1.165, 1.54) is 0 Å². The molecule has 4 nitrogen and oxygen atoms in total. The molecule has 20 heavy (non-hydrogen) atoms. The predicted octanol–water partition coefficient (Wildman–Crippen LogP) is 2.77. The van der Waals surface area contributed by atoms with Gasteiger partial charge in [0.25, 0.3) is 0 Å². The lowest BCUT2D eigenvalue weighted by Gasteiger charge is -2.31. The number of likely N-dealkylation sites (tertiary alicyclic amines) is 1. The van der Waals surface area contributed by atoms with Crippen molar-refractivity contribution >= 4 is 15.9 Å². The zero-order chi connectivity index (χ0) is 14.4. The Morgan fingerprint density at radius 2 is 2.10 bits per heavy atom. The van der Waals surface area contributed by atoms with E-state index in [1.807, 2.05) is 19.1 Å². The van der Waals surface area contributed by atoms with Crippen LogP contribution < -0.4 is 4.74 Å². The Labute approximate surface area is 129 Å². The van der Waals surface area contributed by atoms with Gasteiger partial charge in [0.1, 0.15) is 5.75 Å². The summed E-state index contributed by atoms with van der Waals surface area (Å²) in [5.74, 6) is 0.892. The van der Waals surface area contributed by atoms with E-state index >= 15 is 0 Å². The van der Waals surface area contributed by atoms with E-state index in [9.17, 15) is 0 Å². The minimum Gasteiger partial charge on any atom is -0.497 e. The fourth-order valence-corrected chi connectivity index (χ4v) is 2.76. The minimum absolute atomic E-state index is 0.420. The standard InChI is InChI=1S/C15H23BrN2O2/c1-12-9-15(19-2)10-13(17-12)11-18-6-3-14(4-7-18)20-8-5-16/h9-10,14H,3-8,11H2,1-2H3. The second-order valence-corrected chi connectivity index (χ2v) is 5.97. The van der Waals surface area contributed by atoms with Crippen LogP contribution in [0.5, 0.6) is 5.75 Å². The van der Waals surface area contributed by atoms with Crippen LogP contribution in [-0.2, 0) is 11.3 Å². The van der Waals surface area contributed by atoms with Crippen LogP contribution >= 0.6 is 15.9 Å². The number of piperidine rings is 1. The molecule has 1 aromatic rings. The third-order valence-electron chi connectivity index (χ3n) is 3.57. The molecule has 112 valence electrons. The number of methoxy groups -OCH3 is 1. The highest BCUT2D eigenvalue weighted by molar-refractivity contribution is 9.09. The molecule has 2 heterocycles. The molecule has 0 aromatic carbocycles. The summed E-state index contributed by atoms with van der Waals surface area (Å²) in [6.45, 7) is 5.85. The van der Waals surface area contributed by atoms with Crippen LogP contribution in [0.3, 0.4) is 0 Å². The van der Waals surface area contributed by atoms with E-state index in [0.29, 0.717) is 6.10 Å². The zero-order valence-electron chi connectivity index (χ0n) is 12.3. The largest absolute Gasteiger partial charge is 0.497 e. The van der Waals surface area contributed by atoms with Gasteiger partial charge in [-0.25, -0.2) is 0 Å². The molecule has 5 heteroatoms. The van der Waals surface area contributed by atoms with E-state index in [0.717, 1.165) is 61.6 Å². The van der Waals surface area contributed by atoms with Gasteiger partial charge in [-0.3, -0.25) is 9.88 Å². The number of aromatic nitrogens is 1. The van der Waals surface area contributed by atoms with Crippen LogP contribution in [0.25, 0.3) is 0 Å². The molecule has 0 N–H and O–H groups in total. The molecule has 0 spiro atoms. The zero-order valence-corrected chi connectivity index (χ0v) is 13.9. The van der Waals surface area contributed by atoms with E-state index in [4.69, 9.17) is 9.47 Å². The van der Waals surface area contributed by atoms with Gasteiger partial charge in [-0.2, -0.15) is 0 Å². The van der Waals surface area contributed by atoms with Crippen molar-refractivity contribution in [3.8, 4) is 5.75 Å². The highest BCUT2D eigenvalue weighted by Crippen LogP contribution is 2.18. The molecule has 0 atom stereocenters. The number of alkyl halides is 1. The Bertz CT molecular complexity index is 420. The number of nitrogens with zero attached hydrogens (tertiary/aromatic N) is 2. The van der Waals surface area contributed by atoms with Crippen molar-refractivity contribution in [1.82, 2.24) is 9.88 Å². The van der Waals surface area contributed by atoms with Crippen molar-refractivity contribution in [2.24, 2.45) is 0 Å². The second-order valence-electron chi connectivity index (χ2n) is 5.17. The molecule has 1 fully saturated rings. The van der Waals surface area contributed by atoms with Gasteiger partial charge in [0.05, 0.1) is 25.5 Å². The van der Waals surface area contributed by atoms with Crippen molar-refractivity contribution < 1.29 is 9.47 Å². The Kier molecular flexibility index (Phi) is 6.26. The van der Waals surface area contributed by atoms with Gasteiger partial charge in [0.2, 0.25) is 0 Å². The number of ether oxygens (including phenoxy) is 2. The van der Waals surface area contributed by atoms with Gasteiger partial charge in [-0.1, -0.05) is 15.9 Å². The monoisotopic (exact) mass is 342 g/mol. The molecule has 1 aliphatic heterocycles. The van der Waals surface area contributed by atoms with Gasteiger partial charge in [0.15, 0.2) is 0 Å². The maximum atomic E-state index is 5.78. The summed E-state index contributed by atoms with van der Waals surface area (Å²) in [5.41, 5.74) is 2.09. The molecule has 0 amide bonds. The van der Waals surface area contributed by atoms with Crippen LogP contribution in [0.15, 0.2) is 12.1 Å². The van der Waals surface area contributed by atoms with Crippen molar-refractivity contribution in [2.45, 2.75) is 32.4 Å². The molecule has 0 aliphatic carbocycles. The van der Waals surface area contributed by atoms with Gasteiger partial charge in [-0.05, 0) is 19.8 Å². The normalized spacial score (nSPS) is 17.4. The lowest BCUT2D eigenvalue weighted by Crippen LogP contribution is -2.37.